The van der Waals surface area contributed by atoms with Gasteiger partial charge in [0, 0.05) is 30.3 Å². The Morgan fingerprint density at radius 3 is 3.12 bits per heavy atom. The molecule has 1 aromatic heterocycles. The summed E-state index contributed by atoms with van der Waals surface area (Å²) < 4.78 is 0.977. The Kier molecular flexibility index (Phi) is 3.90. The van der Waals surface area contributed by atoms with Gasteiger partial charge in [-0.15, -0.1) is 0 Å². The van der Waals surface area contributed by atoms with Crippen molar-refractivity contribution in [3.63, 3.8) is 0 Å². The third-order valence-electron chi connectivity index (χ3n) is 2.51. The van der Waals surface area contributed by atoms with Crippen molar-refractivity contribution in [3.8, 4) is 0 Å². The van der Waals surface area contributed by atoms with Crippen LogP contribution in [-0.4, -0.2) is 35.4 Å². The summed E-state index contributed by atoms with van der Waals surface area (Å²) >= 11 is 3.35. The molecule has 16 heavy (non-hydrogen) atoms. The average Bonchev–Trinajstić information content (AvgIpc) is 2.46. The number of nitrogens with zero attached hydrogens (tertiary/aromatic N) is 2. The number of nitrogens with one attached hydrogen (secondary N) is 1. The molecule has 0 spiro atoms. The molecular formula is C11H14BrN3O. The maximum atomic E-state index is 11.4. The Bertz CT molecular complexity index is 366. The number of rotatable bonds is 2. The Hall–Kier alpha value is -0.940. The van der Waals surface area contributed by atoms with Crippen LogP contribution < -0.4 is 5.32 Å². The van der Waals surface area contributed by atoms with E-state index >= 15 is 0 Å². The Morgan fingerprint density at radius 2 is 2.38 bits per heavy atom. The minimum Gasteiger partial charge on any atom is -0.355 e. The first-order chi connectivity index (χ1) is 7.74. The van der Waals surface area contributed by atoms with Crippen LogP contribution in [0.4, 0.5) is 0 Å². The van der Waals surface area contributed by atoms with E-state index in [1.54, 1.807) is 6.20 Å². The summed E-state index contributed by atoms with van der Waals surface area (Å²) in [6.07, 6.45) is 2.79. The first-order valence-corrected chi connectivity index (χ1v) is 6.13. The lowest BCUT2D eigenvalue weighted by Gasteiger charge is -2.17. The molecule has 5 heteroatoms. The lowest BCUT2D eigenvalue weighted by molar-refractivity contribution is -0.121. The number of amides is 1. The Balaban J connectivity index is 1.97. The standard InChI is InChI=1S/C11H14BrN3O/c12-9-2-3-10(14-6-9)7-15-5-1-4-13-11(16)8-15/h2-3,6H,1,4-5,7-8H2,(H,13,16). The van der Waals surface area contributed by atoms with Crippen molar-refractivity contribution in [2.45, 2.75) is 13.0 Å². The van der Waals surface area contributed by atoms with Crippen molar-refractivity contribution in [1.29, 1.82) is 0 Å². The molecule has 1 saturated heterocycles. The van der Waals surface area contributed by atoms with Crippen LogP contribution in [0.15, 0.2) is 22.8 Å². The molecule has 1 aromatic rings. The van der Waals surface area contributed by atoms with E-state index in [4.69, 9.17) is 0 Å². The van der Waals surface area contributed by atoms with E-state index in [-0.39, 0.29) is 5.91 Å². The highest BCUT2D eigenvalue weighted by Gasteiger charge is 2.14. The van der Waals surface area contributed by atoms with Gasteiger partial charge in [-0.05, 0) is 34.5 Å². The summed E-state index contributed by atoms with van der Waals surface area (Å²) in [4.78, 5) is 17.8. The summed E-state index contributed by atoms with van der Waals surface area (Å²) in [6, 6.07) is 3.95. The lowest BCUT2D eigenvalue weighted by atomic mass is 10.3. The first-order valence-electron chi connectivity index (χ1n) is 5.33. The van der Waals surface area contributed by atoms with Crippen LogP contribution in [0.5, 0.6) is 0 Å². The highest BCUT2D eigenvalue weighted by atomic mass is 79.9. The zero-order valence-corrected chi connectivity index (χ0v) is 10.5. The second-order valence-corrected chi connectivity index (χ2v) is 4.80. The smallest absolute Gasteiger partial charge is 0.234 e. The maximum Gasteiger partial charge on any atom is 0.234 e. The molecule has 2 rings (SSSR count). The third-order valence-corrected chi connectivity index (χ3v) is 2.98. The van der Waals surface area contributed by atoms with Gasteiger partial charge in [-0.3, -0.25) is 14.7 Å². The number of aromatic nitrogens is 1. The molecule has 0 aliphatic carbocycles. The van der Waals surface area contributed by atoms with Crippen LogP contribution in [0.25, 0.3) is 0 Å². The van der Waals surface area contributed by atoms with Crippen molar-refractivity contribution in [3.05, 3.63) is 28.5 Å². The van der Waals surface area contributed by atoms with Crippen LogP contribution in [0.1, 0.15) is 12.1 Å². The fraction of sp³-hybridized carbons (Fsp3) is 0.455. The van der Waals surface area contributed by atoms with Crippen molar-refractivity contribution in [2.24, 2.45) is 0 Å². The van der Waals surface area contributed by atoms with E-state index in [2.05, 4.69) is 31.1 Å². The average molecular weight is 284 g/mol. The van der Waals surface area contributed by atoms with Gasteiger partial charge in [0.25, 0.3) is 0 Å². The SMILES string of the molecule is O=C1CN(Cc2ccc(Br)cn2)CCCN1. The van der Waals surface area contributed by atoms with E-state index in [9.17, 15) is 4.79 Å². The van der Waals surface area contributed by atoms with E-state index in [0.717, 1.165) is 36.2 Å². The molecule has 1 fully saturated rings. The molecule has 86 valence electrons. The van der Waals surface area contributed by atoms with Gasteiger partial charge in [-0.1, -0.05) is 0 Å². The zero-order chi connectivity index (χ0) is 11.4. The quantitative estimate of drug-likeness (QED) is 0.886. The number of hydrogen-bond donors (Lipinski definition) is 1. The molecule has 1 aliphatic heterocycles. The van der Waals surface area contributed by atoms with Gasteiger partial charge in [0.15, 0.2) is 0 Å². The number of carbonyl (C=O) groups is 1. The van der Waals surface area contributed by atoms with Gasteiger partial charge in [0.1, 0.15) is 0 Å². The van der Waals surface area contributed by atoms with Gasteiger partial charge in [0.2, 0.25) is 5.91 Å². The highest BCUT2D eigenvalue weighted by molar-refractivity contribution is 9.10. The topological polar surface area (TPSA) is 45.2 Å². The van der Waals surface area contributed by atoms with Gasteiger partial charge in [-0.2, -0.15) is 0 Å². The van der Waals surface area contributed by atoms with Crippen molar-refractivity contribution in [1.82, 2.24) is 15.2 Å². The van der Waals surface area contributed by atoms with Crippen molar-refractivity contribution in [2.75, 3.05) is 19.6 Å². The summed E-state index contributed by atoms with van der Waals surface area (Å²) in [5.41, 5.74) is 0.998. The molecule has 0 bridgehead atoms. The van der Waals surface area contributed by atoms with Crippen LogP contribution >= 0.6 is 15.9 Å². The molecule has 0 radical (unpaired) electrons. The van der Waals surface area contributed by atoms with Crippen LogP contribution in [-0.2, 0) is 11.3 Å². The zero-order valence-electron chi connectivity index (χ0n) is 8.95. The van der Waals surface area contributed by atoms with Gasteiger partial charge in [-0.25, -0.2) is 0 Å². The van der Waals surface area contributed by atoms with E-state index in [0.29, 0.717) is 6.54 Å². The Morgan fingerprint density at radius 1 is 1.50 bits per heavy atom. The molecule has 1 aliphatic rings. The van der Waals surface area contributed by atoms with Gasteiger partial charge < -0.3 is 5.32 Å². The molecule has 0 unspecified atom stereocenters. The van der Waals surface area contributed by atoms with Gasteiger partial charge in [0.05, 0.1) is 12.2 Å². The number of carbonyl (C=O) groups excluding carboxylic acids is 1. The first kappa shape index (κ1) is 11.5. The number of halogens is 1. The maximum absolute atomic E-state index is 11.4. The molecule has 2 heterocycles. The van der Waals surface area contributed by atoms with Crippen LogP contribution in [0.2, 0.25) is 0 Å². The van der Waals surface area contributed by atoms with E-state index in [1.807, 2.05) is 12.1 Å². The Labute approximate surface area is 103 Å². The normalized spacial score (nSPS) is 17.9. The predicted molar refractivity (Wildman–Crippen MR) is 64.8 cm³/mol. The molecular weight excluding hydrogens is 270 g/mol. The minimum absolute atomic E-state index is 0.106. The summed E-state index contributed by atoms with van der Waals surface area (Å²) in [6.45, 7) is 2.93. The second-order valence-electron chi connectivity index (χ2n) is 3.88. The fourth-order valence-corrected chi connectivity index (χ4v) is 1.97. The fourth-order valence-electron chi connectivity index (χ4n) is 1.73. The summed E-state index contributed by atoms with van der Waals surface area (Å²) in [7, 11) is 0. The molecule has 1 N–H and O–H groups in total. The molecule has 0 aromatic carbocycles. The molecule has 1 amide bonds. The van der Waals surface area contributed by atoms with Gasteiger partial charge >= 0.3 is 0 Å². The highest BCUT2D eigenvalue weighted by Crippen LogP contribution is 2.09. The van der Waals surface area contributed by atoms with Crippen LogP contribution in [0.3, 0.4) is 0 Å². The molecule has 0 saturated carbocycles. The summed E-state index contributed by atoms with van der Waals surface area (Å²) in [5, 5.41) is 2.86. The lowest BCUT2D eigenvalue weighted by Crippen LogP contribution is -2.32. The van der Waals surface area contributed by atoms with Crippen molar-refractivity contribution < 1.29 is 4.79 Å². The third kappa shape index (κ3) is 3.28. The van der Waals surface area contributed by atoms with E-state index in [1.165, 1.54) is 0 Å². The molecule has 0 atom stereocenters. The molecule has 4 nitrogen and oxygen atoms in total. The van der Waals surface area contributed by atoms with E-state index < -0.39 is 0 Å². The predicted octanol–water partition coefficient (Wildman–Crippen LogP) is 1.17. The summed E-state index contributed by atoms with van der Waals surface area (Å²) in [5.74, 6) is 0.106. The van der Waals surface area contributed by atoms with Crippen molar-refractivity contribution >= 4 is 21.8 Å². The monoisotopic (exact) mass is 283 g/mol. The number of pyridine rings is 1. The van der Waals surface area contributed by atoms with Crippen LogP contribution in [0, 0.1) is 0 Å². The number of hydrogen-bond acceptors (Lipinski definition) is 3. The second kappa shape index (κ2) is 5.41. The largest absolute Gasteiger partial charge is 0.355 e. The minimum atomic E-state index is 0.106.